The van der Waals surface area contributed by atoms with Crippen LogP contribution in [-0.2, 0) is 6.54 Å². The second-order valence-electron chi connectivity index (χ2n) is 9.13. The molecular formula is C26H24N8S. The van der Waals surface area contributed by atoms with Crippen LogP contribution in [-0.4, -0.2) is 43.1 Å². The predicted molar refractivity (Wildman–Crippen MR) is 139 cm³/mol. The molecule has 8 nitrogen and oxygen atoms in total. The van der Waals surface area contributed by atoms with E-state index < -0.39 is 0 Å². The number of nitrogens with zero attached hydrogens (tertiary/aromatic N) is 5. The number of aromatic amines is 1. The van der Waals surface area contributed by atoms with Crippen molar-refractivity contribution >= 4 is 33.6 Å². The molecule has 0 aromatic carbocycles. The summed E-state index contributed by atoms with van der Waals surface area (Å²) in [5.41, 5.74) is 9.23. The lowest BCUT2D eigenvalue weighted by atomic mass is 10.1. The van der Waals surface area contributed by atoms with Crippen LogP contribution in [0.1, 0.15) is 30.3 Å². The van der Waals surface area contributed by atoms with E-state index >= 15 is 0 Å². The average Bonchev–Trinajstić information content (AvgIpc) is 3.70. The average molecular weight is 481 g/mol. The Morgan fingerprint density at radius 3 is 2.77 bits per heavy atom. The van der Waals surface area contributed by atoms with Crippen molar-refractivity contribution in [1.82, 2.24) is 30.0 Å². The van der Waals surface area contributed by atoms with Crippen LogP contribution in [0.4, 0.5) is 11.4 Å². The highest BCUT2D eigenvalue weighted by molar-refractivity contribution is 7.08. The van der Waals surface area contributed by atoms with Crippen LogP contribution >= 0.6 is 11.3 Å². The number of rotatable bonds is 5. The van der Waals surface area contributed by atoms with Gasteiger partial charge in [-0.25, -0.2) is 0 Å². The van der Waals surface area contributed by atoms with Gasteiger partial charge in [0.15, 0.2) is 0 Å². The zero-order valence-electron chi connectivity index (χ0n) is 19.0. The second kappa shape index (κ2) is 8.44. The second-order valence-corrected chi connectivity index (χ2v) is 9.91. The lowest BCUT2D eigenvalue weighted by molar-refractivity contribution is 0.331. The molecule has 1 atom stereocenters. The van der Waals surface area contributed by atoms with Crippen molar-refractivity contribution < 1.29 is 0 Å². The summed E-state index contributed by atoms with van der Waals surface area (Å²) in [4.78, 5) is 16.1. The van der Waals surface area contributed by atoms with E-state index in [-0.39, 0.29) is 6.17 Å². The van der Waals surface area contributed by atoms with Gasteiger partial charge in [0.2, 0.25) is 0 Å². The minimum Gasteiger partial charge on any atom is -0.358 e. The summed E-state index contributed by atoms with van der Waals surface area (Å²) in [6.45, 7) is 3.27. The summed E-state index contributed by atoms with van der Waals surface area (Å²) < 4.78 is 0. The van der Waals surface area contributed by atoms with Crippen LogP contribution < -0.4 is 10.6 Å². The largest absolute Gasteiger partial charge is 0.358 e. The maximum Gasteiger partial charge on any atom is 0.141 e. The number of anilines is 2. The van der Waals surface area contributed by atoms with Gasteiger partial charge in [-0.1, -0.05) is 0 Å². The molecular weight excluding hydrogens is 456 g/mol. The third kappa shape index (κ3) is 3.73. The van der Waals surface area contributed by atoms with Crippen molar-refractivity contribution in [3.63, 3.8) is 0 Å². The molecule has 1 fully saturated rings. The molecule has 1 saturated heterocycles. The summed E-state index contributed by atoms with van der Waals surface area (Å²) in [5.74, 6) is 0. The smallest absolute Gasteiger partial charge is 0.141 e. The number of pyridine rings is 3. The summed E-state index contributed by atoms with van der Waals surface area (Å²) in [5, 5.41) is 20.2. The monoisotopic (exact) mass is 480 g/mol. The van der Waals surface area contributed by atoms with Crippen LogP contribution in [0, 0.1) is 0 Å². The van der Waals surface area contributed by atoms with E-state index in [9.17, 15) is 0 Å². The van der Waals surface area contributed by atoms with Crippen molar-refractivity contribution in [3.05, 3.63) is 71.2 Å². The Kier molecular flexibility index (Phi) is 4.95. The Labute approximate surface area is 206 Å². The first-order valence-corrected chi connectivity index (χ1v) is 12.8. The van der Waals surface area contributed by atoms with E-state index in [0.717, 1.165) is 56.9 Å². The maximum absolute atomic E-state index is 4.69. The number of aromatic nitrogens is 5. The molecule has 0 amide bonds. The van der Waals surface area contributed by atoms with E-state index in [1.807, 2.05) is 31.0 Å². The van der Waals surface area contributed by atoms with Crippen LogP contribution in [0.5, 0.6) is 0 Å². The summed E-state index contributed by atoms with van der Waals surface area (Å²) in [7, 11) is 0. The number of hydrogen-bond acceptors (Lipinski definition) is 8. The molecule has 5 aromatic rings. The Bertz CT molecular complexity index is 1500. The number of H-pyrrole nitrogens is 1. The lowest BCUT2D eigenvalue weighted by Gasteiger charge is -2.14. The van der Waals surface area contributed by atoms with Gasteiger partial charge in [0.05, 0.1) is 35.2 Å². The van der Waals surface area contributed by atoms with Crippen LogP contribution in [0.3, 0.4) is 0 Å². The van der Waals surface area contributed by atoms with Crippen LogP contribution in [0.25, 0.3) is 33.3 Å². The van der Waals surface area contributed by atoms with Crippen molar-refractivity contribution in [3.8, 4) is 22.4 Å². The van der Waals surface area contributed by atoms with Gasteiger partial charge >= 0.3 is 0 Å². The van der Waals surface area contributed by atoms with Crippen LogP contribution in [0.2, 0.25) is 0 Å². The highest BCUT2D eigenvalue weighted by Gasteiger charge is 2.27. The van der Waals surface area contributed by atoms with Crippen molar-refractivity contribution in [2.24, 2.45) is 0 Å². The van der Waals surface area contributed by atoms with Gasteiger partial charge in [-0.15, -0.1) is 0 Å². The van der Waals surface area contributed by atoms with Gasteiger partial charge in [0.25, 0.3) is 0 Å². The maximum atomic E-state index is 4.69. The van der Waals surface area contributed by atoms with Gasteiger partial charge < -0.3 is 10.6 Å². The van der Waals surface area contributed by atoms with Crippen LogP contribution in [0.15, 0.2) is 59.9 Å². The van der Waals surface area contributed by atoms with E-state index in [0.29, 0.717) is 0 Å². The molecule has 174 valence electrons. The quantitative estimate of drug-likeness (QED) is 0.315. The van der Waals surface area contributed by atoms with E-state index in [1.54, 1.807) is 11.3 Å². The van der Waals surface area contributed by atoms with E-state index in [1.165, 1.54) is 31.5 Å². The Morgan fingerprint density at radius 2 is 1.89 bits per heavy atom. The molecule has 7 heterocycles. The lowest BCUT2D eigenvalue weighted by Crippen LogP contribution is -2.18. The molecule has 0 spiro atoms. The summed E-state index contributed by atoms with van der Waals surface area (Å²) in [6, 6.07) is 6.43. The minimum atomic E-state index is -0.147. The van der Waals surface area contributed by atoms with Crippen molar-refractivity contribution in [1.29, 1.82) is 0 Å². The first-order valence-electron chi connectivity index (χ1n) is 11.9. The normalized spacial score (nSPS) is 17.4. The van der Waals surface area contributed by atoms with Gasteiger partial charge in [0, 0.05) is 41.6 Å². The fourth-order valence-electron chi connectivity index (χ4n) is 5.07. The minimum absolute atomic E-state index is 0.147. The molecule has 1 unspecified atom stereocenters. The standard InChI is InChI=1S/C26H24N8S/c1-2-5-34(4-1)14-16-7-18(10-27-9-16)21-8-19-22(13-29-21)32-33-25(19)26-30-23-12-28-11-20(24(23)31-26)17-3-6-35-15-17/h3,6-13,15,26,30-31H,1-2,4-5,14H2,(H,32,33). The molecule has 0 radical (unpaired) electrons. The Morgan fingerprint density at radius 1 is 0.971 bits per heavy atom. The van der Waals surface area contributed by atoms with Gasteiger partial charge in [-0.2, -0.15) is 16.4 Å². The third-order valence-corrected chi connectivity index (χ3v) is 7.50. The molecule has 2 aliphatic rings. The highest BCUT2D eigenvalue weighted by atomic mass is 32.1. The summed E-state index contributed by atoms with van der Waals surface area (Å²) >= 11 is 1.68. The van der Waals surface area contributed by atoms with Gasteiger partial charge in [-0.3, -0.25) is 25.0 Å². The first-order chi connectivity index (χ1) is 17.3. The molecule has 9 heteroatoms. The summed E-state index contributed by atoms with van der Waals surface area (Å²) in [6.07, 6.45) is 11.9. The molecule has 5 aromatic heterocycles. The first kappa shape index (κ1) is 20.5. The molecule has 7 rings (SSSR count). The topological polar surface area (TPSA) is 94.7 Å². The highest BCUT2D eigenvalue weighted by Crippen LogP contribution is 2.42. The third-order valence-electron chi connectivity index (χ3n) is 6.82. The molecule has 3 N–H and O–H groups in total. The van der Waals surface area contributed by atoms with Crippen molar-refractivity contribution in [2.45, 2.75) is 25.6 Å². The molecule has 35 heavy (non-hydrogen) atoms. The van der Waals surface area contributed by atoms with Gasteiger partial charge in [-0.05, 0) is 66.0 Å². The Balaban J connectivity index is 1.21. The fraction of sp³-hybridized carbons (Fsp3) is 0.231. The number of nitrogens with one attached hydrogen (secondary N) is 3. The van der Waals surface area contributed by atoms with Crippen molar-refractivity contribution in [2.75, 3.05) is 23.7 Å². The number of thiophene rings is 1. The molecule has 0 aliphatic carbocycles. The number of likely N-dealkylation sites (tertiary alicyclic amines) is 1. The number of hydrogen-bond donors (Lipinski definition) is 3. The van der Waals surface area contributed by atoms with E-state index in [2.05, 4.69) is 64.7 Å². The predicted octanol–water partition coefficient (Wildman–Crippen LogP) is 5.28. The SMILES string of the molecule is c1cc(-c2cncc3c2NC(c2[nH]nc4cnc(-c5cncc(CN6CCCC6)c5)cc24)N3)cs1. The van der Waals surface area contributed by atoms with Gasteiger partial charge in [0.1, 0.15) is 11.7 Å². The molecule has 0 bridgehead atoms. The zero-order chi connectivity index (χ0) is 23.2. The molecule has 0 saturated carbocycles. The molecule has 2 aliphatic heterocycles. The Hall–Kier alpha value is -3.82. The number of fused-ring (bicyclic) bond motifs is 2. The zero-order valence-corrected chi connectivity index (χ0v) is 19.8. The fourth-order valence-corrected chi connectivity index (χ4v) is 5.72. The van der Waals surface area contributed by atoms with E-state index in [4.69, 9.17) is 4.98 Å².